The minimum atomic E-state index is -0.426. The average Bonchev–Trinajstić information content (AvgIpc) is 2.94. The molecular weight excluding hydrogens is 542 g/mol. The fraction of sp³-hybridized carbons (Fsp3) is 0.323. The summed E-state index contributed by atoms with van der Waals surface area (Å²) in [5.74, 6) is 1.01. The first-order valence-corrected chi connectivity index (χ1v) is 14.0. The van der Waals surface area contributed by atoms with Crippen LogP contribution >= 0.6 is 15.9 Å². The molecule has 1 aromatic heterocycles. The van der Waals surface area contributed by atoms with Crippen LogP contribution < -0.4 is 10.3 Å². The van der Waals surface area contributed by atoms with Crippen LogP contribution in [0.2, 0.25) is 0 Å². The van der Waals surface area contributed by atoms with E-state index in [1.54, 1.807) is 17.7 Å². The van der Waals surface area contributed by atoms with Crippen molar-refractivity contribution in [1.82, 2.24) is 14.5 Å². The third kappa shape index (κ3) is 5.83. The molecule has 0 radical (unpaired) electrons. The Balaban J connectivity index is 1.93. The van der Waals surface area contributed by atoms with Gasteiger partial charge in [-0.25, -0.2) is 4.98 Å². The lowest BCUT2D eigenvalue weighted by atomic mass is 10.1. The first kappa shape index (κ1) is 27.6. The van der Waals surface area contributed by atoms with Gasteiger partial charge in [0.25, 0.3) is 11.5 Å². The van der Waals surface area contributed by atoms with Gasteiger partial charge in [0.1, 0.15) is 11.6 Å². The van der Waals surface area contributed by atoms with Crippen molar-refractivity contribution in [3.63, 3.8) is 0 Å². The largest absolute Gasteiger partial charge is 0.495 e. The number of rotatable bonds is 11. The molecule has 4 aromatic rings. The summed E-state index contributed by atoms with van der Waals surface area (Å²) < 4.78 is 8.12. The Kier molecular flexibility index (Phi) is 9.34. The standard InChI is InChI=1S/C31H34BrN3O3/c1-4-6-7-12-20-34(30(36)22-14-13-15-23(32)21-22)26(5-2)29-33-25-17-9-8-16-24(25)31(37)35(29)27-18-10-11-19-28(27)38-3/h8-11,13-19,21,26H,4-7,12,20H2,1-3H3. The molecule has 1 heterocycles. The van der Waals surface area contributed by atoms with E-state index in [4.69, 9.17) is 9.72 Å². The summed E-state index contributed by atoms with van der Waals surface area (Å²) in [6.45, 7) is 4.77. The zero-order chi connectivity index (χ0) is 27.1. The van der Waals surface area contributed by atoms with Gasteiger partial charge in [-0.05, 0) is 55.3 Å². The molecule has 0 aliphatic rings. The Morgan fingerprint density at radius 2 is 1.76 bits per heavy atom. The second-order valence-electron chi connectivity index (χ2n) is 9.29. The molecule has 0 saturated heterocycles. The topological polar surface area (TPSA) is 64.4 Å². The van der Waals surface area contributed by atoms with Crippen LogP contribution in [0.4, 0.5) is 0 Å². The van der Waals surface area contributed by atoms with Crippen LogP contribution in [-0.4, -0.2) is 34.0 Å². The highest BCUT2D eigenvalue weighted by Gasteiger charge is 2.30. The number of para-hydroxylation sites is 3. The second-order valence-corrected chi connectivity index (χ2v) is 10.2. The van der Waals surface area contributed by atoms with E-state index >= 15 is 0 Å². The maximum Gasteiger partial charge on any atom is 0.266 e. The number of methoxy groups -OCH3 is 1. The number of carbonyl (C=O) groups is 1. The summed E-state index contributed by atoms with van der Waals surface area (Å²) in [7, 11) is 1.59. The van der Waals surface area contributed by atoms with Crippen molar-refractivity contribution in [3.8, 4) is 11.4 Å². The van der Waals surface area contributed by atoms with E-state index in [0.717, 1.165) is 30.2 Å². The predicted molar refractivity (Wildman–Crippen MR) is 156 cm³/mol. The van der Waals surface area contributed by atoms with E-state index in [0.29, 0.717) is 46.7 Å². The maximum absolute atomic E-state index is 14.0. The molecule has 4 rings (SSSR count). The van der Waals surface area contributed by atoms with E-state index in [-0.39, 0.29) is 11.5 Å². The summed E-state index contributed by atoms with van der Waals surface area (Å²) in [4.78, 5) is 34.9. The van der Waals surface area contributed by atoms with Crippen molar-refractivity contribution in [2.24, 2.45) is 0 Å². The molecule has 0 aliphatic heterocycles. The predicted octanol–water partition coefficient (Wildman–Crippen LogP) is 7.33. The molecule has 0 fully saturated rings. The van der Waals surface area contributed by atoms with E-state index in [1.807, 2.05) is 78.6 Å². The van der Waals surface area contributed by atoms with Crippen molar-refractivity contribution in [3.05, 3.63) is 99.0 Å². The van der Waals surface area contributed by atoms with Gasteiger partial charge in [0.2, 0.25) is 0 Å². The molecule has 198 valence electrons. The number of hydrogen-bond donors (Lipinski definition) is 0. The van der Waals surface area contributed by atoms with Crippen LogP contribution in [-0.2, 0) is 0 Å². The third-order valence-corrected chi connectivity index (χ3v) is 7.27. The Morgan fingerprint density at radius 1 is 1.00 bits per heavy atom. The van der Waals surface area contributed by atoms with Gasteiger partial charge in [0, 0.05) is 16.6 Å². The van der Waals surface area contributed by atoms with Crippen LogP contribution in [0.15, 0.2) is 82.1 Å². The van der Waals surface area contributed by atoms with Gasteiger partial charge in [-0.2, -0.15) is 0 Å². The van der Waals surface area contributed by atoms with Crippen LogP contribution in [0.25, 0.3) is 16.6 Å². The third-order valence-electron chi connectivity index (χ3n) is 6.77. The molecule has 1 unspecified atom stereocenters. The van der Waals surface area contributed by atoms with Crippen molar-refractivity contribution in [2.45, 2.75) is 52.0 Å². The highest BCUT2D eigenvalue weighted by molar-refractivity contribution is 9.10. The van der Waals surface area contributed by atoms with Crippen molar-refractivity contribution in [2.75, 3.05) is 13.7 Å². The maximum atomic E-state index is 14.0. The summed E-state index contributed by atoms with van der Waals surface area (Å²) in [6.07, 6.45) is 4.70. The summed E-state index contributed by atoms with van der Waals surface area (Å²) >= 11 is 3.50. The number of benzene rings is 3. The number of aromatic nitrogens is 2. The van der Waals surface area contributed by atoms with Gasteiger partial charge >= 0.3 is 0 Å². The fourth-order valence-electron chi connectivity index (χ4n) is 4.86. The second kappa shape index (κ2) is 12.9. The van der Waals surface area contributed by atoms with Crippen LogP contribution in [0.5, 0.6) is 5.75 Å². The molecule has 7 heteroatoms. The molecule has 6 nitrogen and oxygen atoms in total. The van der Waals surface area contributed by atoms with E-state index in [1.165, 1.54) is 0 Å². The number of hydrogen-bond acceptors (Lipinski definition) is 4. The fourth-order valence-corrected chi connectivity index (χ4v) is 5.26. The molecule has 1 amide bonds. The van der Waals surface area contributed by atoms with Gasteiger partial charge in [0.15, 0.2) is 0 Å². The summed E-state index contributed by atoms with van der Waals surface area (Å²) in [5, 5.41) is 0.518. The number of fused-ring (bicyclic) bond motifs is 1. The zero-order valence-corrected chi connectivity index (χ0v) is 23.8. The smallest absolute Gasteiger partial charge is 0.266 e. The lowest BCUT2D eigenvalue weighted by Crippen LogP contribution is -2.39. The highest BCUT2D eigenvalue weighted by Crippen LogP contribution is 2.31. The molecule has 1 atom stereocenters. The first-order valence-electron chi connectivity index (χ1n) is 13.2. The number of amides is 1. The SMILES string of the molecule is CCCCCCN(C(=O)c1cccc(Br)c1)C(CC)c1nc2ccccc2c(=O)n1-c1ccccc1OC. The Bertz CT molecular complexity index is 1470. The van der Waals surface area contributed by atoms with Crippen molar-refractivity contribution >= 4 is 32.7 Å². The quantitative estimate of drug-likeness (QED) is 0.176. The minimum Gasteiger partial charge on any atom is -0.495 e. The van der Waals surface area contributed by atoms with Crippen molar-refractivity contribution < 1.29 is 9.53 Å². The normalized spacial score (nSPS) is 11.9. The van der Waals surface area contributed by atoms with Crippen molar-refractivity contribution in [1.29, 1.82) is 0 Å². The number of unbranched alkanes of at least 4 members (excludes halogenated alkanes) is 3. The molecule has 3 aromatic carbocycles. The van der Waals surface area contributed by atoms with Crippen LogP contribution in [0.1, 0.15) is 68.2 Å². The number of nitrogens with zero attached hydrogens (tertiary/aromatic N) is 3. The Hall–Kier alpha value is -3.45. The Morgan fingerprint density at radius 3 is 2.50 bits per heavy atom. The molecule has 0 N–H and O–H groups in total. The summed E-state index contributed by atoms with van der Waals surface area (Å²) in [6, 6.07) is 21.8. The van der Waals surface area contributed by atoms with Gasteiger partial charge < -0.3 is 9.64 Å². The van der Waals surface area contributed by atoms with Gasteiger partial charge in [-0.1, -0.05) is 79.4 Å². The van der Waals surface area contributed by atoms with Crippen LogP contribution in [0.3, 0.4) is 0 Å². The number of ether oxygens (including phenoxy) is 1. The van der Waals surface area contributed by atoms with Gasteiger partial charge in [-0.3, -0.25) is 14.2 Å². The molecule has 0 aliphatic carbocycles. The minimum absolute atomic E-state index is 0.0800. The monoisotopic (exact) mass is 575 g/mol. The molecular formula is C31H34BrN3O3. The van der Waals surface area contributed by atoms with E-state index in [2.05, 4.69) is 22.9 Å². The van der Waals surface area contributed by atoms with E-state index < -0.39 is 6.04 Å². The molecule has 0 saturated carbocycles. The molecule has 0 bridgehead atoms. The molecule has 38 heavy (non-hydrogen) atoms. The first-order chi connectivity index (χ1) is 18.5. The Labute approximate surface area is 232 Å². The summed E-state index contributed by atoms with van der Waals surface area (Å²) in [5.41, 5.74) is 1.63. The van der Waals surface area contributed by atoms with Gasteiger partial charge in [-0.15, -0.1) is 0 Å². The van der Waals surface area contributed by atoms with Gasteiger partial charge in [0.05, 0.1) is 29.7 Å². The lowest BCUT2D eigenvalue weighted by Gasteiger charge is -2.33. The highest BCUT2D eigenvalue weighted by atomic mass is 79.9. The zero-order valence-electron chi connectivity index (χ0n) is 22.2. The van der Waals surface area contributed by atoms with Crippen LogP contribution in [0, 0.1) is 0 Å². The number of carbonyl (C=O) groups excluding carboxylic acids is 1. The molecule has 0 spiro atoms. The van der Waals surface area contributed by atoms with E-state index in [9.17, 15) is 9.59 Å². The lowest BCUT2D eigenvalue weighted by molar-refractivity contribution is 0.0654. The number of halogens is 1. The average molecular weight is 577 g/mol.